The van der Waals surface area contributed by atoms with E-state index in [2.05, 4.69) is 11.4 Å². The molecule has 0 saturated carbocycles. The lowest BCUT2D eigenvalue weighted by atomic mass is 9.62. The summed E-state index contributed by atoms with van der Waals surface area (Å²) in [5, 5.41) is 3.50. The summed E-state index contributed by atoms with van der Waals surface area (Å²) in [7, 11) is 0.955. The number of likely N-dealkylation sites (tertiary alicyclic amines) is 1. The van der Waals surface area contributed by atoms with Crippen LogP contribution in [-0.4, -0.2) is 50.3 Å². The van der Waals surface area contributed by atoms with Gasteiger partial charge in [0, 0.05) is 38.2 Å². The molecule has 5 rings (SSSR count). The molecule has 0 aromatic heterocycles. The van der Waals surface area contributed by atoms with Gasteiger partial charge < -0.3 is 19.7 Å². The number of methoxy groups -OCH3 is 1. The van der Waals surface area contributed by atoms with E-state index < -0.39 is 17.7 Å². The summed E-state index contributed by atoms with van der Waals surface area (Å²) in [6, 6.07) is 24.7. The number of benzene rings is 3. The summed E-state index contributed by atoms with van der Waals surface area (Å²) < 4.78 is 54.9. The van der Waals surface area contributed by atoms with Gasteiger partial charge >= 0.3 is 6.18 Å². The lowest BCUT2D eigenvalue weighted by Crippen LogP contribution is -2.59. The normalized spacial score (nSPS) is 20.8. The van der Waals surface area contributed by atoms with Crippen LogP contribution in [0.25, 0.3) is 0 Å². The van der Waals surface area contributed by atoms with Crippen molar-refractivity contribution in [2.75, 3.05) is 33.3 Å². The van der Waals surface area contributed by atoms with Crippen LogP contribution in [0.4, 0.5) is 13.2 Å². The van der Waals surface area contributed by atoms with Gasteiger partial charge in [0.1, 0.15) is 11.5 Å². The van der Waals surface area contributed by atoms with E-state index in [4.69, 9.17) is 9.47 Å². The zero-order valence-corrected chi connectivity index (χ0v) is 21.9. The first kappa shape index (κ1) is 27.2. The standard InChI is InChI=1S/C31H33F3N2O3/c1-38-30(31(32,33)34,23-10-4-2-5-11-23)28(37)36-20-17-29(18-21-36)16-19-35-22-26(29)25-14-8-9-15-27(25)39-24-12-6-3-7-13-24/h2-15,26,35H,16-22H2,1H3/t26?,30-/m1/s1. The van der Waals surface area contributed by atoms with Crippen molar-refractivity contribution in [1.29, 1.82) is 0 Å². The quantitative estimate of drug-likeness (QED) is 0.402. The topological polar surface area (TPSA) is 50.8 Å². The van der Waals surface area contributed by atoms with E-state index in [-0.39, 0.29) is 30.0 Å². The molecule has 1 spiro atoms. The molecule has 3 aromatic rings. The molecule has 2 aliphatic heterocycles. The highest BCUT2D eigenvalue weighted by atomic mass is 19.4. The minimum absolute atomic E-state index is 0.0901. The van der Waals surface area contributed by atoms with Gasteiger partial charge in [-0.1, -0.05) is 66.7 Å². The Bertz CT molecular complexity index is 1260. The highest BCUT2D eigenvalue weighted by Gasteiger charge is 2.64. The first-order valence-electron chi connectivity index (χ1n) is 13.3. The van der Waals surface area contributed by atoms with Crippen molar-refractivity contribution < 1.29 is 27.4 Å². The second-order valence-corrected chi connectivity index (χ2v) is 10.4. The molecule has 1 amide bonds. The molecule has 2 atom stereocenters. The fraction of sp³-hybridized carbons (Fsp3) is 0.387. The summed E-state index contributed by atoms with van der Waals surface area (Å²) in [4.78, 5) is 15.0. The summed E-state index contributed by atoms with van der Waals surface area (Å²) in [5.41, 5.74) is -2.35. The van der Waals surface area contributed by atoms with Crippen LogP contribution in [0, 0.1) is 5.41 Å². The van der Waals surface area contributed by atoms with Crippen molar-refractivity contribution in [1.82, 2.24) is 10.2 Å². The molecule has 1 N–H and O–H groups in total. The molecule has 1 unspecified atom stereocenters. The fourth-order valence-corrected chi connectivity index (χ4v) is 6.27. The van der Waals surface area contributed by atoms with Gasteiger partial charge in [0.25, 0.3) is 11.5 Å². The Morgan fingerprint density at radius 1 is 0.897 bits per heavy atom. The van der Waals surface area contributed by atoms with Crippen LogP contribution < -0.4 is 10.1 Å². The third-order valence-corrected chi connectivity index (χ3v) is 8.39. The van der Waals surface area contributed by atoms with Crippen LogP contribution >= 0.6 is 0 Å². The highest BCUT2D eigenvalue weighted by Crippen LogP contribution is 2.52. The summed E-state index contributed by atoms with van der Waals surface area (Å²) in [5.74, 6) is 0.547. The lowest BCUT2D eigenvalue weighted by Gasteiger charge is -2.51. The van der Waals surface area contributed by atoms with Gasteiger partial charge in [-0.3, -0.25) is 4.79 Å². The fourth-order valence-electron chi connectivity index (χ4n) is 6.27. The number of amides is 1. The molecule has 0 aliphatic carbocycles. The molecule has 39 heavy (non-hydrogen) atoms. The minimum Gasteiger partial charge on any atom is -0.457 e. The number of nitrogens with zero attached hydrogens (tertiary/aromatic N) is 1. The third kappa shape index (κ3) is 5.03. The maximum absolute atomic E-state index is 14.5. The van der Waals surface area contributed by atoms with E-state index in [1.54, 1.807) is 6.07 Å². The average molecular weight is 539 g/mol. The summed E-state index contributed by atoms with van der Waals surface area (Å²) in [6.07, 6.45) is -2.86. The van der Waals surface area contributed by atoms with E-state index >= 15 is 0 Å². The van der Waals surface area contributed by atoms with Crippen molar-refractivity contribution in [2.24, 2.45) is 5.41 Å². The number of hydrogen-bond acceptors (Lipinski definition) is 4. The first-order chi connectivity index (χ1) is 18.8. The lowest BCUT2D eigenvalue weighted by molar-refractivity contribution is -0.271. The molecular weight excluding hydrogens is 505 g/mol. The number of halogens is 3. The first-order valence-corrected chi connectivity index (χ1v) is 13.3. The monoisotopic (exact) mass is 538 g/mol. The van der Waals surface area contributed by atoms with Crippen molar-refractivity contribution in [3.63, 3.8) is 0 Å². The number of hydrogen-bond donors (Lipinski definition) is 1. The van der Waals surface area contributed by atoms with E-state index in [0.717, 1.165) is 43.7 Å². The Balaban J connectivity index is 1.41. The van der Waals surface area contributed by atoms with E-state index in [1.807, 2.05) is 48.5 Å². The van der Waals surface area contributed by atoms with Gasteiger partial charge in [-0.15, -0.1) is 0 Å². The highest BCUT2D eigenvalue weighted by molar-refractivity contribution is 5.88. The largest absolute Gasteiger partial charge is 0.457 e. The molecule has 3 aromatic carbocycles. The number of para-hydroxylation sites is 2. The van der Waals surface area contributed by atoms with Crippen LogP contribution in [0.15, 0.2) is 84.9 Å². The molecule has 8 heteroatoms. The zero-order chi connectivity index (χ0) is 27.5. The van der Waals surface area contributed by atoms with E-state index in [1.165, 1.54) is 29.2 Å². The second-order valence-electron chi connectivity index (χ2n) is 10.4. The number of carbonyl (C=O) groups is 1. The zero-order valence-electron chi connectivity index (χ0n) is 21.9. The van der Waals surface area contributed by atoms with Gasteiger partial charge in [0.05, 0.1) is 0 Å². The smallest absolute Gasteiger partial charge is 0.430 e. The average Bonchev–Trinajstić information content (AvgIpc) is 2.95. The molecule has 0 bridgehead atoms. The number of ether oxygens (including phenoxy) is 2. The molecular formula is C31H33F3N2O3. The number of piperidine rings is 2. The Hall–Kier alpha value is -3.36. The third-order valence-electron chi connectivity index (χ3n) is 8.39. The van der Waals surface area contributed by atoms with Crippen LogP contribution in [0.5, 0.6) is 11.5 Å². The van der Waals surface area contributed by atoms with E-state index in [9.17, 15) is 18.0 Å². The van der Waals surface area contributed by atoms with Gasteiger partial charge in [0.15, 0.2) is 0 Å². The SMILES string of the molecule is CO[C@@](C(=O)N1CCC2(CCNCC2c2ccccc2Oc2ccccc2)CC1)(c1ccccc1)C(F)(F)F. The summed E-state index contributed by atoms with van der Waals surface area (Å²) >= 11 is 0. The van der Waals surface area contributed by atoms with Crippen LogP contribution in [-0.2, 0) is 15.1 Å². The van der Waals surface area contributed by atoms with Gasteiger partial charge in [-0.05, 0) is 55.0 Å². The molecule has 206 valence electrons. The number of alkyl halides is 3. The predicted molar refractivity (Wildman–Crippen MR) is 143 cm³/mol. The van der Waals surface area contributed by atoms with Crippen molar-refractivity contribution in [3.05, 3.63) is 96.1 Å². The summed E-state index contributed by atoms with van der Waals surface area (Å²) in [6.45, 7) is 2.01. The molecule has 0 radical (unpaired) electrons. The maximum Gasteiger partial charge on any atom is 0.430 e. The van der Waals surface area contributed by atoms with Crippen molar-refractivity contribution >= 4 is 5.91 Å². The van der Waals surface area contributed by atoms with Crippen LogP contribution in [0.1, 0.15) is 36.3 Å². The number of nitrogens with one attached hydrogen (secondary N) is 1. The van der Waals surface area contributed by atoms with Crippen LogP contribution in [0.3, 0.4) is 0 Å². The molecule has 2 saturated heterocycles. The minimum atomic E-state index is -4.92. The second kappa shape index (κ2) is 11.0. The van der Waals surface area contributed by atoms with Gasteiger partial charge in [0.2, 0.25) is 0 Å². The molecule has 5 nitrogen and oxygen atoms in total. The Labute approximate surface area is 226 Å². The van der Waals surface area contributed by atoms with Crippen LogP contribution in [0.2, 0.25) is 0 Å². The molecule has 2 aliphatic rings. The predicted octanol–water partition coefficient (Wildman–Crippen LogP) is 6.27. The molecule has 2 heterocycles. The van der Waals surface area contributed by atoms with Crippen molar-refractivity contribution in [3.8, 4) is 11.5 Å². The molecule has 2 fully saturated rings. The number of carbonyl (C=O) groups excluding carboxylic acids is 1. The Morgan fingerprint density at radius 2 is 1.51 bits per heavy atom. The van der Waals surface area contributed by atoms with E-state index in [0.29, 0.717) is 12.8 Å². The van der Waals surface area contributed by atoms with Crippen molar-refractivity contribution in [2.45, 2.75) is 37.0 Å². The number of rotatable bonds is 6. The Kier molecular flexibility index (Phi) is 7.69. The Morgan fingerprint density at radius 3 is 2.15 bits per heavy atom. The van der Waals surface area contributed by atoms with Gasteiger partial charge in [-0.2, -0.15) is 13.2 Å². The van der Waals surface area contributed by atoms with Gasteiger partial charge in [-0.25, -0.2) is 0 Å². The maximum atomic E-state index is 14.5.